The summed E-state index contributed by atoms with van der Waals surface area (Å²) in [6, 6.07) is -2.43. The molecule has 0 radical (unpaired) electrons. The summed E-state index contributed by atoms with van der Waals surface area (Å²) < 4.78 is 0. The Morgan fingerprint density at radius 2 is 2.04 bits per heavy atom. The van der Waals surface area contributed by atoms with Crippen LogP contribution in [-0.2, 0) is 14.4 Å². The van der Waals surface area contributed by atoms with Gasteiger partial charge in [0.25, 0.3) is 0 Å². The summed E-state index contributed by atoms with van der Waals surface area (Å²) in [5.41, 5.74) is 16.0. The number of nitrogens with zero attached hydrogens (tertiary/aromatic N) is 2. The Balaban J connectivity index is 2.62. The van der Waals surface area contributed by atoms with E-state index < -0.39 is 30.0 Å². The van der Waals surface area contributed by atoms with Gasteiger partial charge >= 0.3 is 5.97 Å². The molecule has 1 heterocycles. The SMILES string of the molecule is C[C@H](N)C(=O)N1CCC[C@H]1C(=O)N[C@@H](CCCN=C(N)N)C(=O)O. The van der Waals surface area contributed by atoms with Gasteiger partial charge in [-0.05, 0) is 32.6 Å². The van der Waals surface area contributed by atoms with Crippen LogP contribution in [0, 0.1) is 0 Å². The Bertz CT molecular complexity index is 503. The molecular formula is C14H26N6O4. The molecule has 2 amide bonds. The lowest BCUT2D eigenvalue weighted by molar-refractivity contribution is -0.144. The summed E-state index contributed by atoms with van der Waals surface area (Å²) in [6.45, 7) is 2.28. The number of likely N-dealkylation sites (tertiary alicyclic amines) is 1. The second kappa shape index (κ2) is 9.06. The van der Waals surface area contributed by atoms with Crippen molar-refractivity contribution in [2.45, 2.75) is 50.7 Å². The maximum absolute atomic E-state index is 12.4. The molecule has 1 aliphatic heterocycles. The van der Waals surface area contributed by atoms with Crippen molar-refractivity contribution in [2.75, 3.05) is 13.1 Å². The summed E-state index contributed by atoms with van der Waals surface area (Å²) in [4.78, 5) is 40.9. The van der Waals surface area contributed by atoms with Gasteiger partial charge in [-0.1, -0.05) is 0 Å². The number of amides is 2. The van der Waals surface area contributed by atoms with Crippen LogP contribution in [0.25, 0.3) is 0 Å². The fraction of sp³-hybridized carbons (Fsp3) is 0.714. The maximum Gasteiger partial charge on any atom is 0.326 e. The number of carboxylic acids is 1. The minimum Gasteiger partial charge on any atom is -0.480 e. The molecule has 0 aromatic rings. The van der Waals surface area contributed by atoms with Gasteiger partial charge in [0, 0.05) is 13.1 Å². The standard InChI is InChI=1S/C14H26N6O4/c1-8(15)12(22)20-7-3-5-10(20)11(21)19-9(13(23)24)4-2-6-18-14(16)17/h8-10H,2-7,15H2,1H3,(H,19,21)(H,23,24)(H4,16,17,18)/t8-,9-,10-/m0/s1. The van der Waals surface area contributed by atoms with Gasteiger partial charge < -0.3 is 32.5 Å². The molecule has 1 saturated heterocycles. The van der Waals surface area contributed by atoms with Gasteiger partial charge in [0.15, 0.2) is 5.96 Å². The minimum absolute atomic E-state index is 0.0677. The average molecular weight is 342 g/mol. The molecule has 136 valence electrons. The van der Waals surface area contributed by atoms with Crippen LogP contribution in [0.4, 0.5) is 0 Å². The smallest absolute Gasteiger partial charge is 0.326 e. The van der Waals surface area contributed by atoms with Crippen molar-refractivity contribution >= 4 is 23.7 Å². The molecule has 0 aliphatic carbocycles. The number of carboxylic acid groups (broad SMARTS) is 1. The van der Waals surface area contributed by atoms with Crippen molar-refractivity contribution in [3.63, 3.8) is 0 Å². The van der Waals surface area contributed by atoms with Gasteiger partial charge in [0.05, 0.1) is 6.04 Å². The van der Waals surface area contributed by atoms with Gasteiger partial charge in [0.2, 0.25) is 11.8 Å². The van der Waals surface area contributed by atoms with Gasteiger partial charge in [-0.3, -0.25) is 14.6 Å². The van der Waals surface area contributed by atoms with E-state index in [-0.39, 0.29) is 24.8 Å². The van der Waals surface area contributed by atoms with Crippen molar-refractivity contribution in [1.29, 1.82) is 0 Å². The first-order chi connectivity index (χ1) is 11.2. The van der Waals surface area contributed by atoms with Gasteiger partial charge in [0.1, 0.15) is 12.1 Å². The first-order valence-electron chi connectivity index (χ1n) is 7.88. The lowest BCUT2D eigenvalue weighted by atomic mass is 10.1. The van der Waals surface area contributed by atoms with Crippen molar-refractivity contribution in [2.24, 2.45) is 22.2 Å². The minimum atomic E-state index is -1.14. The molecule has 8 N–H and O–H groups in total. The second-order valence-electron chi connectivity index (χ2n) is 5.83. The Morgan fingerprint density at radius 1 is 1.38 bits per heavy atom. The third-order valence-electron chi connectivity index (χ3n) is 3.79. The first-order valence-corrected chi connectivity index (χ1v) is 7.88. The largest absolute Gasteiger partial charge is 0.480 e. The fourth-order valence-corrected chi connectivity index (χ4v) is 2.59. The number of rotatable bonds is 8. The summed E-state index contributed by atoms with van der Waals surface area (Å²) in [5, 5.41) is 11.7. The summed E-state index contributed by atoms with van der Waals surface area (Å²) in [5.74, 6) is -2.00. The first kappa shape index (κ1) is 19.7. The van der Waals surface area contributed by atoms with E-state index in [1.165, 1.54) is 4.90 Å². The number of aliphatic imine (C=N–C) groups is 1. The van der Waals surface area contributed by atoms with Gasteiger partial charge in [-0.2, -0.15) is 0 Å². The summed E-state index contributed by atoms with van der Waals surface area (Å²) in [6.07, 6.45) is 1.76. The highest BCUT2D eigenvalue weighted by Crippen LogP contribution is 2.18. The fourth-order valence-electron chi connectivity index (χ4n) is 2.59. The number of aliphatic carboxylic acids is 1. The van der Waals surface area contributed by atoms with Gasteiger partial charge in [-0.15, -0.1) is 0 Å². The zero-order valence-electron chi connectivity index (χ0n) is 13.8. The molecule has 24 heavy (non-hydrogen) atoms. The molecule has 0 saturated carbocycles. The Kier molecular flexibility index (Phi) is 7.43. The highest BCUT2D eigenvalue weighted by Gasteiger charge is 2.36. The predicted molar refractivity (Wildman–Crippen MR) is 87.9 cm³/mol. The van der Waals surface area contributed by atoms with Crippen LogP contribution in [0.1, 0.15) is 32.6 Å². The van der Waals surface area contributed by atoms with Crippen LogP contribution in [-0.4, -0.2) is 65.0 Å². The van der Waals surface area contributed by atoms with Crippen LogP contribution in [0.3, 0.4) is 0 Å². The molecule has 1 fully saturated rings. The van der Waals surface area contributed by atoms with E-state index in [1.807, 2.05) is 0 Å². The van der Waals surface area contributed by atoms with E-state index >= 15 is 0 Å². The molecule has 0 aromatic carbocycles. The zero-order chi connectivity index (χ0) is 18.3. The zero-order valence-corrected chi connectivity index (χ0v) is 13.8. The summed E-state index contributed by atoms with van der Waals surface area (Å²) in [7, 11) is 0. The van der Waals surface area contributed by atoms with Crippen molar-refractivity contribution in [3.8, 4) is 0 Å². The van der Waals surface area contributed by atoms with Crippen molar-refractivity contribution in [3.05, 3.63) is 0 Å². The maximum atomic E-state index is 12.4. The second-order valence-corrected chi connectivity index (χ2v) is 5.83. The molecule has 0 bridgehead atoms. The lowest BCUT2D eigenvalue weighted by Crippen LogP contribution is -2.53. The highest BCUT2D eigenvalue weighted by atomic mass is 16.4. The molecule has 0 aromatic heterocycles. The van der Waals surface area contributed by atoms with E-state index in [0.717, 1.165) is 0 Å². The van der Waals surface area contributed by atoms with Crippen molar-refractivity contribution in [1.82, 2.24) is 10.2 Å². The lowest BCUT2D eigenvalue weighted by Gasteiger charge is -2.26. The molecule has 3 atom stereocenters. The number of nitrogens with one attached hydrogen (secondary N) is 1. The van der Waals surface area contributed by atoms with Crippen LogP contribution in [0.15, 0.2) is 4.99 Å². The molecule has 0 spiro atoms. The number of carbonyl (C=O) groups excluding carboxylic acids is 2. The third kappa shape index (κ3) is 5.69. The van der Waals surface area contributed by atoms with Crippen LogP contribution in [0.2, 0.25) is 0 Å². The van der Waals surface area contributed by atoms with E-state index in [9.17, 15) is 19.5 Å². The highest BCUT2D eigenvalue weighted by molar-refractivity contribution is 5.92. The third-order valence-corrected chi connectivity index (χ3v) is 3.79. The quantitative estimate of drug-likeness (QED) is 0.191. The van der Waals surface area contributed by atoms with E-state index in [1.54, 1.807) is 6.92 Å². The van der Waals surface area contributed by atoms with Crippen LogP contribution < -0.4 is 22.5 Å². The molecule has 1 rings (SSSR count). The van der Waals surface area contributed by atoms with E-state index in [0.29, 0.717) is 25.8 Å². The summed E-state index contributed by atoms with van der Waals surface area (Å²) >= 11 is 0. The number of carbonyl (C=O) groups is 3. The Morgan fingerprint density at radius 3 is 2.58 bits per heavy atom. The Labute approximate surface area is 140 Å². The van der Waals surface area contributed by atoms with Crippen LogP contribution in [0.5, 0.6) is 0 Å². The van der Waals surface area contributed by atoms with Gasteiger partial charge in [-0.25, -0.2) is 4.79 Å². The average Bonchev–Trinajstić information content (AvgIpc) is 2.98. The molecular weight excluding hydrogens is 316 g/mol. The number of nitrogens with two attached hydrogens (primary N) is 3. The van der Waals surface area contributed by atoms with E-state index in [2.05, 4.69) is 10.3 Å². The number of hydrogen-bond acceptors (Lipinski definition) is 5. The molecule has 1 aliphatic rings. The normalized spacial score (nSPS) is 19.4. The van der Waals surface area contributed by atoms with Crippen molar-refractivity contribution < 1.29 is 19.5 Å². The molecule has 10 nitrogen and oxygen atoms in total. The number of guanidine groups is 1. The topological polar surface area (TPSA) is 177 Å². The van der Waals surface area contributed by atoms with E-state index in [4.69, 9.17) is 17.2 Å². The number of hydrogen-bond donors (Lipinski definition) is 5. The molecule has 0 unspecified atom stereocenters. The monoisotopic (exact) mass is 342 g/mol. The Hall–Kier alpha value is -2.36. The predicted octanol–water partition coefficient (Wildman–Crippen LogP) is -2.05. The molecule has 10 heteroatoms. The van der Waals surface area contributed by atoms with Crippen LogP contribution >= 0.6 is 0 Å².